The summed E-state index contributed by atoms with van der Waals surface area (Å²) in [4.78, 5) is 15.5. The highest BCUT2D eigenvalue weighted by Crippen LogP contribution is 2.28. The lowest BCUT2D eigenvalue weighted by atomic mass is 10.0. The van der Waals surface area contributed by atoms with Gasteiger partial charge in [-0.25, -0.2) is 0 Å². The number of nitrogens with one attached hydrogen (secondary N) is 2. The molecule has 0 fully saturated rings. The smallest absolute Gasteiger partial charge is 0.253 e. The summed E-state index contributed by atoms with van der Waals surface area (Å²) in [6.45, 7) is 4.93. The molecule has 3 heteroatoms. The zero-order valence-electron chi connectivity index (χ0n) is 10.2. The Morgan fingerprint density at radius 2 is 2.06 bits per heavy atom. The molecule has 2 aromatic rings. The van der Waals surface area contributed by atoms with Crippen LogP contribution >= 0.6 is 0 Å². The number of fused-ring (bicyclic) bond motifs is 3. The minimum atomic E-state index is 0.0637. The van der Waals surface area contributed by atoms with E-state index in [-0.39, 0.29) is 5.91 Å². The lowest BCUT2D eigenvalue weighted by Gasteiger charge is -2.02. The van der Waals surface area contributed by atoms with Crippen LogP contribution in [0.15, 0.2) is 12.1 Å². The predicted octanol–water partition coefficient (Wildman–Crippen LogP) is 2.46. The Hall–Kier alpha value is -1.77. The Morgan fingerprint density at radius 3 is 2.88 bits per heavy atom. The highest BCUT2D eigenvalue weighted by molar-refractivity contribution is 6.09. The van der Waals surface area contributed by atoms with E-state index in [0.29, 0.717) is 0 Å². The van der Waals surface area contributed by atoms with Crippen LogP contribution in [0.5, 0.6) is 0 Å². The number of hydrogen-bond acceptors (Lipinski definition) is 1. The molecular formula is C14H16N2O. The Balaban J connectivity index is 2.36. The van der Waals surface area contributed by atoms with Crippen LogP contribution in [0.25, 0.3) is 10.9 Å². The molecule has 0 bridgehead atoms. The summed E-state index contributed by atoms with van der Waals surface area (Å²) in [5.74, 6) is 0.0637. The number of hydrogen-bond donors (Lipinski definition) is 2. The number of aromatic nitrogens is 1. The van der Waals surface area contributed by atoms with E-state index in [0.717, 1.165) is 41.5 Å². The van der Waals surface area contributed by atoms with Gasteiger partial charge in [0, 0.05) is 23.1 Å². The van der Waals surface area contributed by atoms with Gasteiger partial charge in [0.05, 0.1) is 5.56 Å². The van der Waals surface area contributed by atoms with E-state index in [4.69, 9.17) is 0 Å². The second kappa shape index (κ2) is 3.62. The number of benzene rings is 1. The zero-order chi connectivity index (χ0) is 12.0. The van der Waals surface area contributed by atoms with E-state index in [1.54, 1.807) is 0 Å². The fourth-order valence-electron chi connectivity index (χ4n) is 2.71. The van der Waals surface area contributed by atoms with Crippen LogP contribution < -0.4 is 5.32 Å². The molecule has 1 aromatic carbocycles. The molecule has 2 N–H and O–H groups in total. The Labute approximate surface area is 100 Å². The summed E-state index contributed by atoms with van der Waals surface area (Å²) < 4.78 is 0. The molecule has 0 radical (unpaired) electrons. The van der Waals surface area contributed by atoms with Crippen molar-refractivity contribution < 1.29 is 4.79 Å². The topological polar surface area (TPSA) is 44.9 Å². The van der Waals surface area contributed by atoms with Gasteiger partial charge >= 0.3 is 0 Å². The third-order valence-corrected chi connectivity index (χ3v) is 3.44. The van der Waals surface area contributed by atoms with Gasteiger partial charge in [-0.2, -0.15) is 0 Å². The minimum absolute atomic E-state index is 0.0637. The Kier molecular flexibility index (Phi) is 2.21. The van der Waals surface area contributed by atoms with Crippen molar-refractivity contribution in [2.75, 3.05) is 6.54 Å². The van der Waals surface area contributed by atoms with E-state index in [1.165, 1.54) is 11.1 Å². The first kappa shape index (κ1) is 10.4. The molecule has 88 valence electrons. The molecule has 17 heavy (non-hydrogen) atoms. The average molecular weight is 228 g/mol. The highest BCUT2D eigenvalue weighted by atomic mass is 16.1. The lowest BCUT2D eigenvalue weighted by molar-refractivity contribution is 0.0957. The molecule has 0 aliphatic carbocycles. The van der Waals surface area contributed by atoms with Crippen molar-refractivity contribution in [3.63, 3.8) is 0 Å². The van der Waals surface area contributed by atoms with Crippen molar-refractivity contribution in [3.8, 4) is 0 Å². The van der Waals surface area contributed by atoms with Crippen molar-refractivity contribution in [3.05, 3.63) is 34.5 Å². The summed E-state index contributed by atoms with van der Waals surface area (Å²) in [6, 6.07) is 4.25. The zero-order valence-corrected chi connectivity index (χ0v) is 10.2. The van der Waals surface area contributed by atoms with Gasteiger partial charge < -0.3 is 10.3 Å². The van der Waals surface area contributed by atoms with E-state index in [1.807, 2.05) is 0 Å². The van der Waals surface area contributed by atoms with Crippen LogP contribution in [0.1, 0.15) is 33.6 Å². The first-order valence-electron chi connectivity index (χ1n) is 6.07. The Morgan fingerprint density at radius 1 is 1.24 bits per heavy atom. The summed E-state index contributed by atoms with van der Waals surface area (Å²) in [5.41, 5.74) is 5.46. The fourth-order valence-corrected chi connectivity index (χ4v) is 2.71. The maximum Gasteiger partial charge on any atom is 0.253 e. The molecule has 3 nitrogen and oxygen atoms in total. The summed E-state index contributed by atoms with van der Waals surface area (Å²) in [7, 11) is 0. The number of rotatable bonds is 0. The van der Waals surface area contributed by atoms with Gasteiger partial charge in [-0.15, -0.1) is 0 Å². The summed E-state index contributed by atoms with van der Waals surface area (Å²) in [5, 5.41) is 4.03. The molecule has 1 aromatic heterocycles. The molecule has 3 rings (SSSR count). The van der Waals surface area contributed by atoms with Gasteiger partial charge in [0.25, 0.3) is 5.91 Å². The average Bonchev–Trinajstić information content (AvgIpc) is 2.53. The molecule has 1 aliphatic rings. The standard InChI is InChI=1S/C14H16N2O/c1-8-6-9(2)13-10(7-8)12-11(16-13)4-3-5-15-14(12)17/h6-7,16H,3-5H2,1-2H3,(H,15,17). The third-order valence-electron chi connectivity index (χ3n) is 3.44. The molecule has 0 spiro atoms. The van der Waals surface area contributed by atoms with Gasteiger partial charge in [-0.05, 0) is 38.3 Å². The minimum Gasteiger partial charge on any atom is -0.357 e. The normalized spacial score (nSPS) is 15.5. The van der Waals surface area contributed by atoms with Crippen molar-refractivity contribution in [2.45, 2.75) is 26.7 Å². The number of aryl methyl sites for hydroxylation is 3. The van der Waals surface area contributed by atoms with Gasteiger partial charge in [0.1, 0.15) is 0 Å². The van der Waals surface area contributed by atoms with Gasteiger partial charge in [0.2, 0.25) is 0 Å². The molecular weight excluding hydrogens is 212 g/mol. The number of aromatic amines is 1. The van der Waals surface area contributed by atoms with Gasteiger partial charge in [-0.3, -0.25) is 4.79 Å². The van der Waals surface area contributed by atoms with E-state index in [2.05, 4.69) is 36.3 Å². The lowest BCUT2D eigenvalue weighted by Crippen LogP contribution is -2.22. The highest BCUT2D eigenvalue weighted by Gasteiger charge is 2.21. The second-order valence-electron chi connectivity index (χ2n) is 4.84. The number of carbonyl (C=O) groups excluding carboxylic acids is 1. The fraction of sp³-hybridized carbons (Fsp3) is 0.357. The van der Waals surface area contributed by atoms with Crippen molar-refractivity contribution in [1.82, 2.24) is 10.3 Å². The molecule has 0 atom stereocenters. The second-order valence-corrected chi connectivity index (χ2v) is 4.84. The molecule has 0 unspecified atom stereocenters. The van der Waals surface area contributed by atoms with Crippen molar-refractivity contribution in [2.24, 2.45) is 0 Å². The largest absolute Gasteiger partial charge is 0.357 e. The number of amides is 1. The first-order chi connectivity index (χ1) is 8.16. The molecule has 0 saturated carbocycles. The van der Waals surface area contributed by atoms with Crippen LogP contribution in [0.4, 0.5) is 0 Å². The van der Waals surface area contributed by atoms with Gasteiger partial charge in [-0.1, -0.05) is 11.6 Å². The third kappa shape index (κ3) is 1.54. The quantitative estimate of drug-likeness (QED) is 0.714. The summed E-state index contributed by atoms with van der Waals surface area (Å²) >= 11 is 0. The van der Waals surface area contributed by atoms with E-state index < -0.39 is 0 Å². The van der Waals surface area contributed by atoms with Crippen molar-refractivity contribution >= 4 is 16.8 Å². The van der Waals surface area contributed by atoms with Crippen LogP contribution in [-0.4, -0.2) is 17.4 Å². The SMILES string of the molecule is Cc1cc(C)c2[nH]c3c(c2c1)C(=O)NCCC3. The van der Waals surface area contributed by atoms with E-state index in [9.17, 15) is 4.79 Å². The summed E-state index contributed by atoms with van der Waals surface area (Å²) in [6.07, 6.45) is 1.95. The van der Waals surface area contributed by atoms with Crippen LogP contribution in [0, 0.1) is 13.8 Å². The maximum absolute atomic E-state index is 12.1. The van der Waals surface area contributed by atoms with Crippen LogP contribution in [0.3, 0.4) is 0 Å². The Bertz CT molecular complexity index is 610. The monoisotopic (exact) mass is 228 g/mol. The number of H-pyrrole nitrogens is 1. The molecule has 2 heterocycles. The predicted molar refractivity (Wildman–Crippen MR) is 68.4 cm³/mol. The molecule has 0 saturated heterocycles. The first-order valence-corrected chi connectivity index (χ1v) is 6.07. The van der Waals surface area contributed by atoms with Crippen LogP contribution in [-0.2, 0) is 6.42 Å². The van der Waals surface area contributed by atoms with Gasteiger partial charge in [0.15, 0.2) is 0 Å². The van der Waals surface area contributed by atoms with Crippen LogP contribution in [0.2, 0.25) is 0 Å². The molecule has 1 amide bonds. The van der Waals surface area contributed by atoms with E-state index >= 15 is 0 Å². The van der Waals surface area contributed by atoms with Crippen molar-refractivity contribution in [1.29, 1.82) is 0 Å². The maximum atomic E-state index is 12.1. The molecule has 1 aliphatic heterocycles. The number of carbonyl (C=O) groups is 1.